The summed E-state index contributed by atoms with van der Waals surface area (Å²) in [4.78, 5) is 11.1. The Morgan fingerprint density at radius 2 is 1.90 bits per heavy atom. The van der Waals surface area contributed by atoms with E-state index in [1.165, 1.54) is 14.2 Å². The standard InChI is InChI=1S/C13H17NO6S/c1-19-11-4-3-8(5-12(11)20-2)9-6-21(17,18)7-10(14-9)13(15)16/h3-5,9-10,14H,6-7H2,1-2H3,(H,15,16). The Bertz CT molecular complexity index is 642. The molecule has 1 saturated heterocycles. The second kappa shape index (κ2) is 5.90. The maximum absolute atomic E-state index is 11.9. The van der Waals surface area contributed by atoms with Gasteiger partial charge < -0.3 is 14.6 Å². The van der Waals surface area contributed by atoms with Crippen LogP contribution in [0.3, 0.4) is 0 Å². The predicted molar refractivity (Wildman–Crippen MR) is 75.5 cm³/mol. The molecule has 1 aliphatic heterocycles. The van der Waals surface area contributed by atoms with Crippen LogP contribution < -0.4 is 14.8 Å². The molecule has 0 aromatic heterocycles. The molecule has 0 saturated carbocycles. The highest BCUT2D eigenvalue weighted by Crippen LogP contribution is 2.31. The lowest BCUT2D eigenvalue weighted by atomic mass is 10.1. The van der Waals surface area contributed by atoms with Gasteiger partial charge in [-0.15, -0.1) is 0 Å². The van der Waals surface area contributed by atoms with Crippen molar-refractivity contribution in [3.05, 3.63) is 23.8 Å². The number of hydrogen-bond acceptors (Lipinski definition) is 6. The lowest BCUT2D eigenvalue weighted by Crippen LogP contribution is -2.51. The van der Waals surface area contributed by atoms with Crippen LogP contribution in [0.5, 0.6) is 11.5 Å². The summed E-state index contributed by atoms with van der Waals surface area (Å²) in [6.07, 6.45) is 0. The molecule has 2 N–H and O–H groups in total. The Morgan fingerprint density at radius 1 is 1.24 bits per heavy atom. The van der Waals surface area contributed by atoms with Crippen molar-refractivity contribution < 1.29 is 27.8 Å². The maximum Gasteiger partial charge on any atom is 0.321 e. The van der Waals surface area contributed by atoms with E-state index in [-0.39, 0.29) is 5.75 Å². The van der Waals surface area contributed by atoms with Crippen LogP contribution in [0.2, 0.25) is 0 Å². The summed E-state index contributed by atoms with van der Waals surface area (Å²) in [5.74, 6) is -0.733. The summed E-state index contributed by atoms with van der Waals surface area (Å²) < 4.78 is 34.0. The van der Waals surface area contributed by atoms with Crippen LogP contribution in [-0.4, -0.2) is 51.3 Å². The van der Waals surface area contributed by atoms with Gasteiger partial charge >= 0.3 is 5.97 Å². The van der Waals surface area contributed by atoms with Gasteiger partial charge in [0.05, 0.1) is 25.7 Å². The molecule has 2 unspecified atom stereocenters. The van der Waals surface area contributed by atoms with Gasteiger partial charge in [-0.05, 0) is 17.7 Å². The zero-order valence-corrected chi connectivity index (χ0v) is 12.5. The Morgan fingerprint density at radius 3 is 2.48 bits per heavy atom. The quantitative estimate of drug-likeness (QED) is 0.819. The van der Waals surface area contributed by atoms with Gasteiger partial charge in [0.15, 0.2) is 21.3 Å². The highest BCUT2D eigenvalue weighted by Gasteiger charge is 2.36. The van der Waals surface area contributed by atoms with Crippen molar-refractivity contribution in [1.82, 2.24) is 5.32 Å². The van der Waals surface area contributed by atoms with Crippen LogP contribution in [0.4, 0.5) is 0 Å². The van der Waals surface area contributed by atoms with Gasteiger partial charge in [-0.3, -0.25) is 10.1 Å². The second-order valence-corrected chi connectivity index (χ2v) is 6.96. The van der Waals surface area contributed by atoms with Gasteiger partial charge in [0.25, 0.3) is 0 Å². The molecule has 1 fully saturated rings. The molecule has 8 heteroatoms. The summed E-state index contributed by atoms with van der Waals surface area (Å²) in [5.41, 5.74) is 0.641. The number of nitrogens with one attached hydrogen (secondary N) is 1. The van der Waals surface area contributed by atoms with E-state index in [1.807, 2.05) is 0 Å². The molecule has 1 aliphatic rings. The van der Waals surface area contributed by atoms with Gasteiger partial charge in [-0.1, -0.05) is 6.07 Å². The SMILES string of the molecule is COc1ccc(C2CS(=O)(=O)CC(C(=O)O)N2)cc1OC. The minimum Gasteiger partial charge on any atom is -0.493 e. The normalized spacial score (nSPS) is 24.3. The van der Waals surface area contributed by atoms with Crippen LogP contribution in [0, 0.1) is 0 Å². The highest BCUT2D eigenvalue weighted by atomic mass is 32.2. The number of carboxylic acids is 1. The van der Waals surface area contributed by atoms with Crippen LogP contribution >= 0.6 is 0 Å². The number of sulfone groups is 1. The first-order valence-electron chi connectivity index (χ1n) is 6.27. The van der Waals surface area contributed by atoms with Crippen molar-refractivity contribution in [1.29, 1.82) is 0 Å². The van der Waals surface area contributed by atoms with Gasteiger partial charge in [-0.25, -0.2) is 8.42 Å². The zero-order valence-electron chi connectivity index (χ0n) is 11.7. The number of rotatable bonds is 4. The number of carbonyl (C=O) groups is 1. The number of benzene rings is 1. The molecule has 0 bridgehead atoms. The average molecular weight is 315 g/mol. The third kappa shape index (κ3) is 3.45. The second-order valence-electron chi connectivity index (χ2n) is 4.80. The largest absolute Gasteiger partial charge is 0.493 e. The molecular formula is C13H17NO6S. The van der Waals surface area contributed by atoms with E-state index in [9.17, 15) is 13.2 Å². The molecule has 0 spiro atoms. The Hall–Kier alpha value is -1.80. The highest BCUT2D eigenvalue weighted by molar-refractivity contribution is 7.91. The molecule has 0 amide bonds. The van der Waals surface area contributed by atoms with E-state index >= 15 is 0 Å². The Balaban J connectivity index is 2.34. The molecule has 21 heavy (non-hydrogen) atoms. The van der Waals surface area contributed by atoms with Crippen LogP contribution in [0.15, 0.2) is 18.2 Å². The van der Waals surface area contributed by atoms with Crippen molar-refractivity contribution >= 4 is 15.8 Å². The summed E-state index contributed by atoms with van der Waals surface area (Å²) in [7, 11) is -0.445. The van der Waals surface area contributed by atoms with E-state index in [2.05, 4.69) is 5.32 Å². The number of aliphatic carboxylic acids is 1. The number of carboxylic acid groups (broad SMARTS) is 1. The van der Waals surface area contributed by atoms with E-state index in [0.29, 0.717) is 17.1 Å². The summed E-state index contributed by atoms with van der Waals surface area (Å²) in [5, 5.41) is 11.9. The van der Waals surface area contributed by atoms with Crippen molar-refractivity contribution in [3.63, 3.8) is 0 Å². The molecule has 7 nitrogen and oxygen atoms in total. The predicted octanol–water partition coefficient (Wildman–Crippen LogP) is 0.216. The first-order valence-corrected chi connectivity index (χ1v) is 8.09. The average Bonchev–Trinajstić information content (AvgIpc) is 2.44. The van der Waals surface area contributed by atoms with Crippen LogP contribution in [0.1, 0.15) is 11.6 Å². The van der Waals surface area contributed by atoms with Crippen LogP contribution in [-0.2, 0) is 14.6 Å². The minimum absolute atomic E-state index is 0.147. The summed E-state index contributed by atoms with van der Waals surface area (Å²) in [6.45, 7) is 0. The number of ether oxygens (including phenoxy) is 2. The van der Waals surface area contributed by atoms with E-state index in [4.69, 9.17) is 14.6 Å². The Labute approximate surface area is 122 Å². The molecule has 2 rings (SSSR count). The molecule has 116 valence electrons. The fourth-order valence-corrected chi connectivity index (χ4v) is 4.00. The van der Waals surface area contributed by atoms with Crippen molar-refractivity contribution in [2.75, 3.05) is 25.7 Å². The molecule has 2 atom stereocenters. The Kier molecular flexibility index (Phi) is 4.38. The van der Waals surface area contributed by atoms with Crippen LogP contribution in [0.25, 0.3) is 0 Å². The first kappa shape index (κ1) is 15.6. The van der Waals surface area contributed by atoms with E-state index in [0.717, 1.165) is 0 Å². The van der Waals surface area contributed by atoms with Gasteiger partial charge in [0.2, 0.25) is 0 Å². The molecule has 1 heterocycles. The summed E-state index contributed by atoms with van der Waals surface area (Å²) in [6, 6.07) is 3.30. The third-order valence-electron chi connectivity index (χ3n) is 3.35. The molecular weight excluding hydrogens is 298 g/mol. The number of methoxy groups -OCH3 is 2. The lowest BCUT2D eigenvalue weighted by molar-refractivity contribution is -0.139. The molecule has 1 aromatic rings. The van der Waals surface area contributed by atoms with Gasteiger partial charge in [-0.2, -0.15) is 0 Å². The summed E-state index contributed by atoms with van der Waals surface area (Å²) >= 11 is 0. The van der Waals surface area contributed by atoms with Gasteiger partial charge in [0, 0.05) is 6.04 Å². The molecule has 0 radical (unpaired) electrons. The fraction of sp³-hybridized carbons (Fsp3) is 0.462. The smallest absolute Gasteiger partial charge is 0.321 e. The van der Waals surface area contributed by atoms with Crippen molar-refractivity contribution in [2.24, 2.45) is 0 Å². The monoisotopic (exact) mass is 315 g/mol. The minimum atomic E-state index is -3.42. The zero-order chi connectivity index (χ0) is 15.6. The topological polar surface area (TPSA) is 102 Å². The van der Waals surface area contributed by atoms with Crippen molar-refractivity contribution in [3.8, 4) is 11.5 Å². The first-order chi connectivity index (χ1) is 9.86. The maximum atomic E-state index is 11.9. The van der Waals surface area contributed by atoms with E-state index < -0.39 is 33.6 Å². The number of hydrogen-bond donors (Lipinski definition) is 2. The van der Waals surface area contributed by atoms with E-state index in [1.54, 1.807) is 18.2 Å². The molecule has 1 aromatic carbocycles. The lowest BCUT2D eigenvalue weighted by Gasteiger charge is -2.29. The van der Waals surface area contributed by atoms with Gasteiger partial charge in [0.1, 0.15) is 6.04 Å². The fourth-order valence-electron chi connectivity index (χ4n) is 2.32. The third-order valence-corrected chi connectivity index (χ3v) is 5.03. The molecule has 0 aliphatic carbocycles. The van der Waals surface area contributed by atoms with Crippen molar-refractivity contribution in [2.45, 2.75) is 12.1 Å².